The number of rotatable bonds is 2. The molecule has 0 amide bonds. The van der Waals surface area contributed by atoms with E-state index < -0.39 is 12.3 Å². The summed E-state index contributed by atoms with van der Waals surface area (Å²) in [5.41, 5.74) is 0. The molecule has 0 saturated carbocycles. The minimum Gasteiger partial charge on any atom is -0.478 e. The van der Waals surface area contributed by atoms with Crippen molar-refractivity contribution in [2.24, 2.45) is 0 Å². The number of carboxylic acids is 1. The number of halogens is 1. The fourth-order valence-electron chi connectivity index (χ4n) is 0.448. The van der Waals surface area contributed by atoms with E-state index in [1.807, 2.05) is 0 Å². The normalized spacial score (nSPS) is 12.9. The maximum absolute atomic E-state index is 12.4. The number of hydrogen-bond acceptors (Lipinski definition) is 3. The summed E-state index contributed by atoms with van der Waals surface area (Å²) in [6.45, 7) is 0. The summed E-state index contributed by atoms with van der Waals surface area (Å²) in [7, 11) is 0. The second kappa shape index (κ2) is 2.42. The lowest BCUT2D eigenvalue weighted by atomic mass is 10.6. The highest BCUT2D eigenvalue weighted by molar-refractivity contribution is 5.69. The third-order valence-electron chi connectivity index (χ3n) is 0.873. The van der Waals surface area contributed by atoms with Gasteiger partial charge in [-0.1, -0.05) is 0 Å². The molecular formula is C4H4FN3O2. The van der Waals surface area contributed by atoms with Gasteiger partial charge in [0.25, 0.3) is 6.30 Å². The molecule has 1 rings (SSSR count). The SMILES string of the molecule is O=C(O)C(F)n1cncn1. The highest BCUT2D eigenvalue weighted by Gasteiger charge is 2.17. The van der Waals surface area contributed by atoms with Gasteiger partial charge < -0.3 is 5.11 Å². The van der Waals surface area contributed by atoms with Gasteiger partial charge in [-0.15, -0.1) is 0 Å². The van der Waals surface area contributed by atoms with Gasteiger partial charge in [0.2, 0.25) is 0 Å². The van der Waals surface area contributed by atoms with Gasteiger partial charge in [-0.2, -0.15) is 5.10 Å². The number of aromatic nitrogens is 3. The monoisotopic (exact) mass is 145 g/mol. The Balaban J connectivity index is 2.77. The average molecular weight is 145 g/mol. The van der Waals surface area contributed by atoms with Gasteiger partial charge in [-0.3, -0.25) is 0 Å². The van der Waals surface area contributed by atoms with E-state index in [2.05, 4.69) is 10.1 Å². The molecule has 1 unspecified atom stereocenters. The van der Waals surface area contributed by atoms with Crippen LogP contribution in [0.25, 0.3) is 0 Å². The Labute approximate surface area is 55.1 Å². The molecule has 0 fully saturated rings. The van der Waals surface area contributed by atoms with Gasteiger partial charge in [0.1, 0.15) is 12.7 Å². The molecule has 1 N–H and O–H groups in total. The Morgan fingerprint density at radius 3 is 2.90 bits per heavy atom. The number of alkyl halides is 1. The van der Waals surface area contributed by atoms with Crippen LogP contribution in [-0.2, 0) is 4.79 Å². The first-order chi connectivity index (χ1) is 4.72. The van der Waals surface area contributed by atoms with E-state index >= 15 is 0 Å². The van der Waals surface area contributed by atoms with Crippen LogP contribution in [0.2, 0.25) is 0 Å². The molecule has 1 atom stereocenters. The summed E-state index contributed by atoms with van der Waals surface area (Å²) in [6, 6.07) is 0. The maximum atomic E-state index is 12.4. The average Bonchev–Trinajstić information content (AvgIpc) is 2.36. The molecule has 0 aromatic carbocycles. The van der Waals surface area contributed by atoms with E-state index in [9.17, 15) is 9.18 Å². The van der Waals surface area contributed by atoms with Crippen molar-refractivity contribution in [3.63, 3.8) is 0 Å². The fraction of sp³-hybridized carbons (Fsp3) is 0.250. The molecule has 0 radical (unpaired) electrons. The molecule has 0 bridgehead atoms. The van der Waals surface area contributed by atoms with Crippen LogP contribution in [0.3, 0.4) is 0 Å². The first kappa shape index (κ1) is 6.66. The molecule has 6 heteroatoms. The quantitative estimate of drug-likeness (QED) is 0.627. The second-order valence-corrected chi connectivity index (χ2v) is 1.55. The van der Waals surface area contributed by atoms with Crippen molar-refractivity contribution < 1.29 is 14.3 Å². The van der Waals surface area contributed by atoms with Crippen molar-refractivity contribution in [2.45, 2.75) is 6.30 Å². The Hall–Kier alpha value is -1.46. The number of aliphatic carboxylic acids is 1. The molecule has 1 heterocycles. The summed E-state index contributed by atoms with van der Waals surface area (Å²) < 4.78 is 13.0. The second-order valence-electron chi connectivity index (χ2n) is 1.55. The van der Waals surface area contributed by atoms with Gasteiger partial charge in [0, 0.05) is 0 Å². The third kappa shape index (κ3) is 1.09. The minimum atomic E-state index is -2.14. The molecule has 10 heavy (non-hydrogen) atoms. The molecule has 1 aromatic heterocycles. The summed E-state index contributed by atoms with van der Waals surface area (Å²) in [5, 5.41) is 11.4. The van der Waals surface area contributed by atoms with Crippen LogP contribution in [0, 0.1) is 0 Å². The van der Waals surface area contributed by atoms with Gasteiger partial charge in [0.05, 0.1) is 0 Å². The molecular weight excluding hydrogens is 141 g/mol. The van der Waals surface area contributed by atoms with Gasteiger partial charge >= 0.3 is 5.97 Å². The Bertz CT molecular complexity index is 222. The number of hydrogen-bond donors (Lipinski definition) is 1. The van der Waals surface area contributed by atoms with E-state index in [-0.39, 0.29) is 0 Å². The van der Waals surface area contributed by atoms with E-state index in [1.54, 1.807) is 0 Å². The zero-order valence-corrected chi connectivity index (χ0v) is 4.81. The lowest BCUT2D eigenvalue weighted by Gasteiger charge is -1.99. The van der Waals surface area contributed by atoms with Crippen molar-refractivity contribution in [1.29, 1.82) is 0 Å². The summed E-state index contributed by atoms with van der Waals surface area (Å²) in [6.07, 6.45) is -0.0728. The van der Waals surface area contributed by atoms with Gasteiger partial charge in [-0.05, 0) is 0 Å². The van der Waals surface area contributed by atoms with Crippen LogP contribution in [-0.4, -0.2) is 25.8 Å². The Morgan fingerprint density at radius 1 is 1.80 bits per heavy atom. The first-order valence-electron chi connectivity index (χ1n) is 2.43. The number of carboxylic acid groups (broad SMARTS) is 1. The van der Waals surface area contributed by atoms with Crippen LogP contribution in [0.5, 0.6) is 0 Å². The lowest BCUT2D eigenvalue weighted by Crippen LogP contribution is -2.14. The highest BCUT2D eigenvalue weighted by atomic mass is 19.1. The maximum Gasteiger partial charge on any atom is 0.361 e. The number of nitrogens with zero attached hydrogens (tertiary/aromatic N) is 3. The van der Waals surface area contributed by atoms with Crippen molar-refractivity contribution in [3.8, 4) is 0 Å². The molecule has 5 nitrogen and oxygen atoms in total. The van der Waals surface area contributed by atoms with E-state index in [0.717, 1.165) is 12.7 Å². The summed E-state index contributed by atoms with van der Waals surface area (Å²) >= 11 is 0. The smallest absolute Gasteiger partial charge is 0.361 e. The molecule has 0 saturated heterocycles. The fourth-order valence-corrected chi connectivity index (χ4v) is 0.448. The number of carbonyl (C=O) groups is 1. The lowest BCUT2D eigenvalue weighted by molar-refractivity contribution is -0.146. The van der Waals surface area contributed by atoms with Gasteiger partial charge in [0.15, 0.2) is 0 Å². The molecule has 54 valence electrons. The summed E-state index contributed by atoms with van der Waals surface area (Å²) in [5.74, 6) is -1.58. The topological polar surface area (TPSA) is 68.0 Å². The largest absolute Gasteiger partial charge is 0.478 e. The van der Waals surface area contributed by atoms with Crippen molar-refractivity contribution in [2.75, 3.05) is 0 Å². The predicted molar refractivity (Wildman–Crippen MR) is 27.8 cm³/mol. The van der Waals surface area contributed by atoms with Crippen molar-refractivity contribution in [3.05, 3.63) is 12.7 Å². The first-order valence-corrected chi connectivity index (χ1v) is 2.43. The highest BCUT2D eigenvalue weighted by Crippen LogP contribution is 2.03. The van der Waals surface area contributed by atoms with Crippen LogP contribution in [0.15, 0.2) is 12.7 Å². The Kier molecular flexibility index (Phi) is 1.61. The molecule has 0 aliphatic carbocycles. The molecule has 0 spiro atoms. The van der Waals surface area contributed by atoms with Crippen molar-refractivity contribution >= 4 is 5.97 Å². The van der Waals surface area contributed by atoms with Crippen LogP contribution in [0.1, 0.15) is 6.30 Å². The van der Waals surface area contributed by atoms with E-state index in [4.69, 9.17) is 5.11 Å². The molecule has 0 aliphatic heterocycles. The van der Waals surface area contributed by atoms with Crippen molar-refractivity contribution in [1.82, 2.24) is 14.8 Å². The molecule has 0 aliphatic rings. The van der Waals surface area contributed by atoms with Crippen LogP contribution >= 0.6 is 0 Å². The zero-order chi connectivity index (χ0) is 7.56. The predicted octanol–water partition coefficient (Wildman–Crippen LogP) is -0.169. The standard InChI is InChI=1S/C4H4FN3O2/c5-3(4(9)10)8-2-6-1-7-8/h1-3H,(H,9,10). The summed E-state index contributed by atoms with van der Waals surface area (Å²) in [4.78, 5) is 13.3. The molecule has 1 aromatic rings. The van der Waals surface area contributed by atoms with E-state index in [1.165, 1.54) is 0 Å². The van der Waals surface area contributed by atoms with Gasteiger partial charge in [-0.25, -0.2) is 18.9 Å². The minimum absolute atomic E-state index is 0.613. The van der Waals surface area contributed by atoms with Crippen LogP contribution < -0.4 is 0 Å². The zero-order valence-electron chi connectivity index (χ0n) is 4.81. The van der Waals surface area contributed by atoms with Crippen LogP contribution in [0.4, 0.5) is 4.39 Å². The Morgan fingerprint density at radius 2 is 2.50 bits per heavy atom. The third-order valence-corrected chi connectivity index (χ3v) is 0.873. The van der Waals surface area contributed by atoms with E-state index in [0.29, 0.717) is 4.68 Å².